The van der Waals surface area contributed by atoms with Gasteiger partial charge in [-0.3, -0.25) is 0 Å². The van der Waals surface area contributed by atoms with Gasteiger partial charge >= 0.3 is 5.97 Å². The van der Waals surface area contributed by atoms with E-state index in [0.717, 1.165) is 16.7 Å². The molecule has 0 atom stereocenters. The zero-order valence-corrected chi connectivity index (χ0v) is 19.3. The van der Waals surface area contributed by atoms with Gasteiger partial charge in [-0.15, -0.1) is 0 Å². The molecule has 6 heteroatoms. The zero-order chi connectivity index (χ0) is 24.5. The Kier molecular flexibility index (Phi) is 7.96. The maximum atomic E-state index is 15.6. The summed E-state index contributed by atoms with van der Waals surface area (Å²) in [7, 11) is 1.19. The smallest absolute Gasteiger partial charge is 0.341 e. The molecule has 0 saturated heterocycles. The number of carbonyl (C=O) groups is 1. The molecular formula is C29H25FO5. The Labute approximate surface area is 203 Å². The Hall–Kier alpha value is -4.32. The third-order valence-electron chi connectivity index (χ3n) is 5.24. The molecule has 0 aromatic heterocycles. The van der Waals surface area contributed by atoms with E-state index in [-0.39, 0.29) is 42.6 Å². The molecule has 178 valence electrons. The van der Waals surface area contributed by atoms with E-state index in [4.69, 9.17) is 18.9 Å². The highest BCUT2D eigenvalue weighted by atomic mass is 19.1. The molecule has 4 aromatic rings. The lowest BCUT2D eigenvalue weighted by Gasteiger charge is -2.19. The highest BCUT2D eigenvalue weighted by Gasteiger charge is 2.27. The lowest BCUT2D eigenvalue weighted by Crippen LogP contribution is -2.11. The number of rotatable bonds is 10. The first kappa shape index (κ1) is 23.8. The van der Waals surface area contributed by atoms with Gasteiger partial charge in [0.1, 0.15) is 25.4 Å². The van der Waals surface area contributed by atoms with Crippen LogP contribution in [0, 0.1) is 5.82 Å². The summed E-state index contributed by atoms with van der Waals surface area (Å²) in [5.41, 5.74) is 2.31. The molecule has 0 aliphatic heterocycles. The molecule has 0 unspecified atom stereocenters. The van der Waals surface area contributed by atoms with Crippen LogP contribution >= 0.6 is 0 Å². The first-order valence-corrected chi connectivity index (χ1v) is 11.1. The van der Waals surface area contributed by atoms with Crippen LogP contribution in [0.4, 0.5) is 4.39 Å². The van der Waals surface area contributed by atoms with Crippen molar-refractivity contribution in [2.45, 2.75) is 19.8 Å². The van der Waals surface area contributed by atoms with Crippen LogP contribution in [0.1, 0.15) is 27.0 Å². The van der Waals surface area contributed by atoms with Crippen LogP contribution in [-0.2, 0) is 24.6 Å². The molecule has 0 amide bonds. The minimum Gasteiger partial charge on any atom is -0.485 e. The number of hydrogen-bond donors (Lipinski definition) is 0. The van der Waals surface area contributed by atoms with Crippen molar-refractivity contribution >= 4 is 5.97 Å². The number of carbonyl (C=O) groups excluding carboxylic acids is 1. The van der Waals surface area contributed by atoms with E-state index in [1.807, 2.05) is 91.0 Å². The number of esters is 1. The van der Waals surface area contributed by atoms with Crippen LogP contribution in [-0.4, -0.2) is 13.1 Å². The van der Waals surface area contributed by atoms with Gasteiger partial charge in [-0.2, -0.15) is 0 Å². The second-order valence-electron chi connectivity index (χ2n) is 7.71. The number of halogens is 1. The predicted molar refractivity (Wildman–Crippen MR) is 130 cm³/mol. The molecule has 0 fully saturated rings. The molecule has 0 bridgehead atoms. The summed E-state index contributed by atoms with van der Waals surface area (Å²) >= 11 is 0. The molecule has 0 saturated carbocycles. The molecule has 0 spiro atoms. The second-order valence-corrected chi connectivity index (χ2v) is 7.71. The van der Waals surface area contributed by atoms with Crippen molar-refractivity contribution in [3.63, 3.8) is 0 Å². The molecule has 0 N–H and O–H groups in total. The maximum absolute atomic E-state index is 15.6. The van der Waals surface area contributed by atoms with Gasteiger partial charge in [-0.25, -0.2) is 9.18 Å². The van der Waals surface area contributed by atoms with Gasteiger partial charge in [0.25, 0.3) is 0 Å². The van der Waals surface area contributed by atoms with Gasteiger partial charge in [-0.1, -0.05) is 91.0 Å². The molecule has 5 nitrogen and oxygen atoms in total. The minimum absolute atomic E-state index is 0.0716. The molecule has 35 heavy (non-hydrogen) atoms. The SMILES string of the molecule is COC(=O)c1cc(OCc2ccccc2)c(OCc2ccccc2)c(OCc2ccccc2)c1F. The summed E-state index contributed by atoms with van der Waals surface area (Å²) in [6.45, 7) is 0.413. The first-order chi connectivity index (χ1) is 17.2. The normalized spacial score (nSPS) is 10.5. The highest BCUT2D eigenvalue weighted by Crippen LogP contribution is 2.43. The van der Waals surface area contributed by atoms with Gasteiger partial charge in [0, 0.05) is 6.07 Å². The maximum Gasteiger partial charge on any atom is 0.341 e. The van der Waals surface area contributed by atoms with Crippen LogP contribution < -0.4 is 14.2 Å². The number of benzene rings is 4. The number of methoxy groups -OCH3 is 1. The van der Waals surface area contributed by atoms with Crippen molar-refractivity contribution in [3.8, 4) is 17.2 Å². The summed E-state index contributed by atoms with van der Waals surface area (Å²) < 4.78 is 38.3. The van der Waals surface area contributed by atoms with Crippen molar-refractivity contribution in [3.05, 3.63) is 125 Å². The topological polar surface area (TPSA) is 54.0 Å². The van der Waals surface area contributed by atoms with E-state index in [2.05, 4.69) is 0 Å². The van der Waals surface area contributed by atoms with E-state index < -0.39 is 11.8 Å². The third-order valence-corrected chi connectivity index (χ3v) is 5.24. The highest BCUT2D eigenvalue weighted by molar-refractivity contribution is 5.91. The molecule has 4 rings (SSSR count). The zero-order valence-electron chi connectivity index (χ0n) is 19.3. The van der Waals surface area contributed by atoms with E-state index >= 15 is 4.39 Å². The van der Waals surface area contributed by atoms with E-state index in [1.54, 1.807) is 0 Å². The van der Waals surface area contributed by atoms with Crippen LogP contribution in [0.15, 0.2) is 97.1 Å². The summed E-state index contributed by atoms with van der Waals surface area (Å²) in [6.07, 6.45) is 0. The van der Waals surface area contributed by atoms with Crippen LogP contribution in [0.5, 0.6) is 17.2 Å². The molecule has 0 aliphatic rings. The van der Waals surface area contributed by atoms with E-state index in [0.29, 0.717) is 0 Å². The van der Waals surface area contributed by atoms with Gasteiger partial charge < -0.3 is 18.9 Å². The average Bonchev–Trinajstić information content (AvgIpc) is 2.92. The lowest BCUT2D eigenvalue weighted by atomic mass is 10.1. The largest absolute Gasteiger partial charge is 0.485 e. The van der Waals surface area contributed by atoms with Crippen molar-refractivity contribution in [2.75, 3.05) is 7.11 Å². The van der Waals surface area contributed by atoms with Crippen molar-refractivity contribution in [1.29, 1.82) is 0 Å². The van der Waals surface area contributed by atoms with E-state index in [9.17, 15) is 4.79 Å². The number of hydrogen-bond acceptors (Lipinski definition) is 5. The van der Waals surface area contributed by atoms with Gasteiger partial charge in [0.05, 0.1) is 7.11 Å². The summed E-state index contributed by atoms with van der Waals surface area (Å²) in [5.74, 6) is -1.68. The fourth-order valence-corrected chi connectivity index (χ4v) is 3.42. The summed E-state index contributed by atoms with van der Waals surface area (Å²) in [6, 6.07) is 29.6. The van der Waals surface area contributed by atoms with Gasteiger partial charge in [0.2, 0.25) is 11.5 Å². The molecule has 4 aromatic carbocycles. The van der Waals surface area contributed by atoms with Crippen molar-refractivity contribution in [1.82, 2.24) is 0 Å². The molecule has 0 radical (unpaired) electrons. The van der Waals surface area contributed by atoms with Crippen molar-refractivity contribution < 1.29 is 28.1 Å². The Morgan fingerprint density at radius 3 is 1.54 bits per heavy atom. The Balaban J connectivity index is 1.73. The number of ether oxygens (including phenoxy) is 4. The summed E-state index contributed by atoms with van der Waals surface area (Å²) in [5, 5.41) is 0. The fraction of sp³-hybridized carbons (Fsp3) is 0.138. The molecular weight excluding hydrogens is 447 g/mol. The van der Waals surface area contributed by atoms with Crippen LogP contribution in [0.2, 0.25) is 0 Å². The van der Waals surface area contributed by atoms with Crippen molar-refractivity contribution in [2.24, 2.45) is 0 Å². The first-order valence-electron chi connectivity index (χ1n) is 11.1. The third kappa shape index (κ3) is 6.18. The molecule has 0 aliphatic carbocycles. The van der Waals surface area contributed by atoms with Crippen LogP contribution in [0.3, 0.4) is 0 Å². The fourth-order valence-electron chi connectivity index (χ4n) is 3.42. The van der Waals surface area contributed by atoms with Gasteiger partial charge in [0.15, 0.2) is 11.6 Å². The standard InChI is InChI=1S/C29H25FO5/c1-32-29(31)24-17-25(33-18-21-11-5-2-6-12-21)27(34-19-22-13-7-3-8-14-22)28(26(24)30)35-20-23-15-9-4-10-16-23/h2-17H,18-20H2,1H3. The lowest BCUT2D eigenvalue weighted by molar-refractivity contribution is 0.0593. The molecule has 0 heterocycles. The van der Waals surface area contributed by atoms with Gasteiger partial charge in [-0.05, 0) is 16.7 Å². The average molecular weight is 473 g/mol. The predicted octanol–water partition coefficient (Wildman–Crippen LogP) is 6.35. The quantitative estimate of drug-likeness (QED) is 0.252. The second kappa shape index (κ2) is 11.7. The Bertz CT molecular complexity index is 1240. The van der Waals surface area contributed by atoms with Crippen LogP contribution in [0.25, 0.3) is 0 Å². The summed E-state index contributed by atoms with van der Waals surface area (Å²) in [4.78, 5) is 12.4. The Morgan fingerprint density at radius 2 is 1.09 bits per heavy atom. The van der Waals surface area contributed by atoms with E-state index in [1.165, 1.54) is 13.2 Å². The minimum atomic E-state index is -0.872. The Morgan fingerprint density at radius 1 is 0.657 bits per heavy atom. The monoisotopic (exact) mass is 472 g/mol.